The molecule has 110 valence electrons. The number of halogens is 4. The quantitative estimate of drug-likeness (QED) is 0.911. The summed E-state index contributed by atoms with van der Waals surface area (Å²) in [6, 6.07) is 4.90. The van der Waals surface area contributed by atoms with Gasteiger partial charge in [-0.2, -0.15) is 23.5 Å². The highest BCUT2D eigenvalue weighted by atomic mass is 35.5. The normalized spacial score (nSPS) is 11.3. The Bertz CT molecular complexity index is 728. The van der Waals surface area contributed by atoms with Gasteiger partial charge in [-0.25, -0.2) is 0 Å². The molecule has 1 aromatic carbocycles. The second-order valence-corrected chi connectivity index (χ2v) is 4.77. The average molecular weight is 315 g/mol. The number of hydrogen-bond acceptors (Lipinski definition) is 3. The lowest BCUT2D eigenvalue weighted by Gasteiger charge is -2.12. The molecule has 2 aromatic rings. The number of aryl methyl sites for hydroxylation is 2. The van der Waals surface area contributed by atoms with Gasteiger partial charge in [-0.05, 0) is 25.1 Å². The first-order valence-corrected chi connectivity index (χ1v) is 6.19. The third-order valence-electron chi connectivity index (χ3n) is 2.88. The summed E-state index contributed by atoms with van der Waals surface area (Å²) < 4.78 is 39.6. The fourth-order valence-electron chi connectivity index (χ4n) is 1.86. The van der Waals surface area contributed by atoms with Crippen molar-refractivity contribution < 1.29 is 13.2 Å². The first-order chi connectivity index (χ1) is 9.74. The number of alkyl halides is 3. The molecule has 0 spiro atoms. The van der Waals surface area contributed by atoms with Gasteiger partial charge in [0.1, 0.15) is 17.5 Å². The summed E-state index contributed by atoms with van der Waals surface area (Å²) in [6.45, 7) is 1.64. The van der Waals surface area contributed by atoms with E-state index >= 15 is 0 Å². The maximum atomic E-state index is 12.7. The Morgan fingerprint density at radius 3 is 2.62 bits per heavy atom. The van der Waals surface area contributed by atoms with Gasteiger partial charge in [-0.3, -0.25) is 4.68 Å². The molecule has 0 bridgehead atoms. The van der Waals surface area contributed by atoms with Crippen molar-refractivity contribution >= 4 is 23.1 Å². The minimum absolute atomic E-state index is 0.0611. The van der Waals surface area contributed by atoms with Crippen molar-refractivity contribution in [1.82, 2.24) is 9.78 Å². The van der Waals surface area contributed by atoms with Crippen LogP contribution in [-0.2, 0) is 13.2 Å². The number of anilines is 2. The minimum Gasteiger partial charge on any atom is -0.338 e. The zero-order valence-corrected chi connectivity index (χ0v) is 11.8. The van der Waals surface area contributed by atoms with E-state index in [4.69, 9.17) is 16.9 Å². The van der Waals surface area contributed by atoms with Crippen molar-refractivity contribution in [3.63, 3.8) is 0 Å². The van der Waals surface area contributed by atoms with Gasteiger partial charge in [0, 0.05) is 7.05 Å². The van der Waals surface area contributed by atoms with E-state index in [-0.39, 0.29) is 22.1 Å². The van der Waals surface area contributed by atoms with Crippen LogP contribution in [0.3, 0.4) is 0 Å². The second kappa shape index (κ2) is 5.30. The predicted molar refractivity (Wildman–Crippen MR) is 72.4 cm³/mol. The molecule has 0 unspecified atom stereocenters. The number of rotatable bonds is 2. The monoisotopic (exact) mass is 314 g/mol. The van der Waals surface area contributed by atoms with Crippen LogP contribution in [0.4, 0.5) is 24.7 Å². The van der Waals surface area contributed by atoms with Crippen molar-refractivity contribution in [1.29, 1.82) is 5.26 Å². The van der Waals surface area contributed by atoms with Crippen LogP contribution < -0.4 is 5.32 Å². The molecule has 0 aliphatic heterocycles. The molecular formula is C13H10ClF3N4. The Morgan fingerprint density at radius 2 is 2.05 bits per heavy atom. The summed E-state index contributed by atoms with van der Waals surface area (Å²) in [4.78, 5) is 0. The first-order valence-electron chi connectivity index (χ1n) is 5.81. The molecule has 0 fully saturated rings. The molecule has 4 nitrogen and oxygen atoms in total. The van der Waals surface area contributed by atoms with Crippen LogP contribution in [0.15, 0.2) is 18.2 Å². The summed E-state index contributed by atoms with van der Waals surface area (Å²) in [5, 5.41) is 16.0. The molecule has 1 aromatic heterocycles. The van der Waals surface area contributed by atoms with Crippen molar-refractivity contribution in [3.05, 3.63) is 40.0 Å². The third-order valence-corrected chi connectivity index (χ3v) is 3.21. The van der Waals surface area contributed by atoms with Crippen LogP contribution >= 0.6 is 11.6 Å². The van der Waals surface area contributed by atoms with Crippen LogP contribution in [-0.4, -0.2) is 9.78 Å². The van der Waals surface area contributed by atoms with Gasteiger partial charge >= 0.3 is 6.18 Å². The molecule has 2 rings (SSSR count). The highest BCUT2D eigenvalue weighted by Crippen LogP contribution is 2.35. The molecule has 0 saturated carbocycles. The number of benzene rings is 1. The highest BCUT2D eigenvalue weighted by molar-refractivity contribution is 6.33. The molecule has 0 atom stereocenters. The molecule has 1 N–H and O–H groups in total. The Kier molecular flexibility index (Phi) is 3.83. The highest BCUT2D eigenvalue weighted by Gasteiger charge is 2.31. The Hall–Kier alpha value is -2.20. The first kappa shape index (κ1) is 15.2. The lowest BCUT2D eigenvalue weighted by atomic mass is 10.2. The van der Waals surface area contributed by atoms with Crippen molar-refractivity contribution in [2.24, 2.45) is 7.05 Å². The van der Waals surface area contributed by atoms with Crippen LogP contribution in [0.5, 0.6) is 0 Å². The summed E-state index contributed by atoms with van der Waals surface area (Å²) in [7, 11) is 1.58. The second-order valence-electron chi connectivity index (χ2n) is 4.36. The van der Waals surface area contributed by atoms with Gasteiger partial charge < -0.3 is 5.32 Å². The lowest BCUT2D eigenvalue weighted by Crippen LogP contribution is -2.07. The van der Waals surface area contributed by atoms with Gasteiger partial charge in [0.2, 0.25) is 0 Å². The lowest BCUT2D eigenvalue weighted by molar-refractivity contribution is -0.137. The van der Waals surface area contributed by atoms with Crippen LogP contribution in [0.25, 0.3) is 0 Å². The molecule has 0 aliphatic rings. The van der Waals surface area contributed by atoms with Crippen molar-refractivity contribution in [3.8, 4) is 6.07 Å². The van der Waals surface area contributed by atoms with E-state index in [1.54, 1.807) is 14.0 Å². The van der Waals surface area contributed by atoms with E-state index in [0.29, 0.717) is 5.69 Å². The number of nitrogens with zero attached hydrogens (tertiary/aromatic N) is 3. The molecule has 0 aliphatic carbocycles. The SMILES string of the molecule is Cc1nn(C)c(Nc2cc(C(F)(F)F)ccc2Cl)c1C#N. The maximum Gasteiger partial charge on any atom is 0.416 e. The Balaban J connectivity index is 2.48. The van der Waals surface area contributed by atoms with Crippen LogP contribution in [0, 0.1) is 18.3 Å². The molecule has 21 heavy (non-hydrogen) atoms. The molecular weight excluding hydrogens is 305 g/mol. The van der Waals surface area contributed by atoms with Crippen molar-refractivity contribution in [2.45, 2.75) is 13.1 Å². The van der Waals surface area contributed by atoms with Gasteiger partial charge in [0.25, 0.3) is 0 Å². The Labute approximate surface area is 123 Å². The smallest absolute Gasteiger partial charge is 0.338 e. The van der Waals surface area contributed by atoms with E-state index < -0.39 is 11.7 Å². The summed E-state index contributed by atoms with van der Waals surface area (Å²) >= 11 is 5.91. The van der Waals surface area contributed by atoms with Gasteiger partial charge in [0.05, 0.1) is 22.0 Å². The molecule has 0 saturated heterocycles. The summed E-state index contributed by atoms with van der Waals surface area (Å²) in [5.41, 5.74) is -0.0330. The number of nitriles is 1. The number of nitrogens with one attached hydrogen (secondary N) is 1. The minimum atomic E-state index is -4.47. The van der Waals surface area contributed by atoms with E-state index in [1.807, 2.05) is 6.07 Å². The molecule has 1 heterocycles. The molecule has 0 amide bonds. The number of hydrogen-bond donors (Lipinski definition) is 1. The molecule has 8 heteroatoms. The van der Waals surface area contributed by atoms with Crippen LogP contribution in [0.2, 0.25) is 5.02 Å². The zero-order chi connectivity index (χ0) is 15.8. The third kappa shape index (κ3) is 2.95. The zero-order valence-electron chi connectivity index (χ0n) is 11.1. The van der Waals surface area contributed by atoms with E-state index in [0.717, 1.165) is 18.2 Å². The van der Waals surface area contributed by atoms with Crippen molar-refractivity contribution in [2.75, 3.05) is 5.32 Å². The fraction of sp³-hybridized carbons (Fsp3) is 0.231. The summed E-state index contributed by atoms with van der Waals surface area (Å²) in [6.07, 6.45) is -4.47. The number of aromatic nitrogens is 2. The van der Waals surface area contributed by atoms with E-state index in [2.05, 4.69) is 10.4 Å². The maximum absolute atomic E-state index is 12.7. The Morgan fingerprint density at radius 1 is 1.38 bits per heavy atom. The van der Waals surface area contributed by atoms with E-state index in [1.165, 1.54) is 4.68 Å². The fourth-order valence-corrected chi connectivity index (χ4v) is 2.03. The predicted octanol–water partition coefficient (Wildman–Crippen LogP) is 4.02. The molecule has 0 radical (unpaired) electrons. The topological polar surface area (TPSA) is 53.6 Å². The van der Waals surface area contributed by atoms with E-state index in [9.17, 15) is 13.2 Å². The summed E-state index contributed by atoms with van der Waals surface area (Å²) in [5.74, 6) is 0.288. The average Bonchev–Trinajstić information content (AvgIpc) is 2.65. The largest absolute Gasteiger partial charge is 0.416 e. The van der Waals surface area contributed by atoms with Gasteiger partial charge in [-0.15, -0.1) is 0 Å². The van der Waals surface area contributed by atoms with Gasteiger partial charge in [-0.1, -0.05) is 11.6 Å². The van der Waals surface area contributed by atoms with Crippen LogP contribution in [0.1, 0.15) is 16.8 Å². The van der Waals surface area contributed by atoms with Gasteiger partial charge in [0.15, 0.2) is 0 Å². The standard InChI is InChI=1S/C13H10ClF3N4/c1-7-9(6-18)12(21(2)20-7)19-11-5-8(13(15,16)17)3-4-10(11)14/h3-5,19H,1-2H3.